The number of nitrogens with two attached hydrogens (primary N) is 1. The predicted octanol–water partition coefficient (Wildman–Crippen LogP) is 0.356. The highest BCUT2D eigenvalue weighted by Crippen LogP contribution is 2.17. The van der Waals surface area contributed by atoms with E-state index in [2.05, 4.69) is 14.6 Å². The van der Waals surface area contributed by atoms with Crippen LogP contribution < -0.4 is 15.2 Å². The van der Waals surface area contributed by atoms with Crippen LogP contribution in [-0.2, 0) is 10.2 Å². The summed E-state index contributed by atoms with van der Waals surface area (Å²) in [5, 5.41) is 11.4. The SMILES string of the molecule is CCNS(=O)(=O)Nc1cc(/C(N)=N/O)ccc1C. The Morgan fingerprint density at radius 1 is 1.50 bits per heavy atom. The Balaban J connectivity index is 3.09. The largest absolute Gasteiger partial charge is 0.409 e. The van der Waals surface area contributed by atoms with E-state index in [1.54, 1.807) is 26.0 Å². The highest BCUT2D eigenvalue weighted by molar-refractivity contribution is 7.90. The van der Waals surface area contributed by atoms with E-state index in [0.717, 1.165) is 5.56 Å². The molecule has 1 rings (SSSR count). The molecule has 1 aromatic carbocycles. The Labute approximate surface area is 106 Å². The fraction of sp³-hybridized carbons (Fsp3) is 0.300. The number of oxime groups is 1. The Morgan fingerprint density at radius 3 is 2.72 bits per heavy atom. The van der Waals surface area contributed by atoms with Gasteiger partial charge in [-0.1, -0.05) is 24.2 Å². The zero-order chi connectivity index (χ0) is 13.8. The lowest BCUT2D eigenvalue weighted by atomic mass is 10.1. The third kappa shape index (κ3) is 3.60. The van der Waals surface area contributed by atoms with Crippen LogP contribution in [0.1, 0.15) is 18.1 Å². The molecule has 0 bridgehead atoms. The lowest BCUT2D eigenvalue weighted by Gasteiger charge is -2.11. The fourth-order valence-corrected chi connectivity index (χ4v) is 2.28. The van der Waals surface area contributed by atoms with E-state index in [9.17, 15) is 8.42 Å². The summed E-state index contributed by atoms with van der Waals surface area (Å²) >= 11 is 0. The molecule has 7 nitrogen and oxygen atoms in total. The van der Waals surface area contributed by atoms with E-state index >= 15 is 0 Å². The third-order valence-corrected chi connectivity index (χ3v) is 3.38. The fourth-order valence-electron chi connectivity index (χ4n) is 1.32. The molecule has 18 heavy (non-hydrogen) atoms. The molecule has 0 heterocycles. The number of hydrogen-bond donors (Lipinski definition) is 4. The number of hydrogen-bond acceptors (Lipinski definition) is 4. The summed E-state index contributed by atoms with van der Waals surface area (Å²) in [6, 6.07) is 4.81. The Hall–Kier alpha value is -1.80. The number of benzene rings is 1. The molecule has 100 valence electrons. The van der Waals surface area contributed by atoms with Gasteiger partial charge in [0.15, 0.2) is 5.84 Å². The maximum Gasteiger partial charge on any atom is 0.299 e. The number of rotatable bonds is 5. The molecule has 0 saturated carbocycles. The molecule has 0 aliphatic carbocycles. The summed E-state index contributed by atoms with van der Waals surface area (Å²) in [7, 11) is -3.60. The lowest BCUT2D eigenvalue weighted by Crippen LogP contribution is -2.30. The molecule has 0 spiro atoms. The molecule has 0 unspecified atom stereocenters. The maximum atomic E-state index is 11.6. The topological polar surface area (TPSA) is 117 Å². The number of anilines is 1. The molecule has 8 heteroatoms. The molecule has 0 saturated heterocycles. The van der Waals surface area contributed by atoms with Crippen molar-refractivity contribution in [1.82, 2.24) is 4.72 Å². The van der Waals surface area contributed by atoms with Crippen molar-refractivity contribution in [2.24, 2.45) is 10.9 Å². The maximum absolute atomic E-state index is 11.6. The molecule has 0 fully saturated rings. The molecule has 0 aliphatic rings. The summed E-state index contributed by atoms with van der Waals surface area (Å²) in [6.45, 7) is 3.72. The highest BCUT2D eigenvalue weighted by atomic mass is 32.2. The lowest BCUT2D eigenvalue weighted by molar-refractivity contribution is 0.318. The number of amidine groups is 1. The molecule has 0 atom stereocenters. The van der Waals surface area contributed by atoms with Crippen molar-refractivity contribution >= 4 is 21.7 Å². The van der Waals surface area contributed by atoms with E-state index < -0.39 is 10.2 Å². The summed E-state index contributed by atoms with van der Waals surface area (Å²) in [5.74, 6) is -0.0844. The van der Waals surface area contributed by atoms with Crippen LogP contribution in [0.2, 0.25) is 0 Å². The first kappa shape index (κ1) is 14.3. The van der Waals surface area contributed by atoms with Crippen LogP contribution in [0.15, 0.2) is 23.4 Å². The van der Waals surface area contributed by atoms with Crippen LogP contribution in [0.25, 0.3) is 0 Å². The monoisotopic (exact) mass is 272 g/mol. The summed E-state index contributed by atoms with van der Waals surface area (Å²) in [6.07, 6.45) is 0. The van der Waals surface area contributed by atoms with Crippen molar-refractivity contribution < 1.29 is 13.6 Å². The molecule has 1 aromatic rings. The average molecular weight is 272 g/mol. The van der Waals surface area contributed by atoms with Crippen LogP contribution in [-0.4, -0.2) is 26.0 Å². The normalized spacial score (nSPS) is 12.4. The summed E-state index contributed by atoms with van der Waals surface area (Å²) in [4.78, 5) is 0. The third-order valence-electron chi connectivity index (χ3n) is 2.22. The molecule has 0 radical (unpaired) electrons. The zero-order valence-electron chi connectivity index (χ0n) is 10.1. The van der Waals surface area contributed by atoms with Crippen molar-refractivity contribution in [3.05, 3.63) is 29.3 Å². The van der Waals surface area contributed by atoms with Crippen LogP contribution in [0.3, 0.4) is 0 Å². The number of nitrogens with zero attached hydrogens (tertiary/aromatic N) is 1. The molecule has 0 aliphatic heterocycles. The van der Waals surface area contributed by atoms with E-state index in [0.29, 0.717) is 11.3 Å². The predicted molar refractivity (Wildman–Crippen MR) is 69.9 cm³/mol. The van der Waals surface area contributed by atoms with Crippen molar-refractivity contribution in [2.75, 3.05) is 11.3 Å². The van der Waals surface area contributed by atoms with E-state index in [1.807, 2.05) is 0 Å². The van der Waals surface area contributed by atoms with Gasteiger partial charge in [-0.05, 0) is 18.6 Å². The van der Waals surface area contributed by atoms with Crippen molar-refractivity contribution in [1.29, 1.82) is 0 Å². The first-order valence-corrected chi connectivity index (χ1v) is 6.74. The van der Waals surface area contributed by atoms with E-state index in [1.165, 1.54) is 6.07 Å². The van der Waals surface area contributed by atoms with Gasteiger partial charge in [-0.15, -0.1) is 0 Å². The first-order valence-electron chi connectivity index (χ1n) is 5.25. The first-order chi connectivity index (χ1) is 8.39. The van der Waals surface area contributed by atoms with Gasteiger partial charge in [0.25, 0.3) is 10.2 Å². The zero-order valence-corrected chi connectivity index (χ0v) is 11.0. The van der Waals surface area contributed by atoms with Gasteiger partial charge >= 0.3 is 0 Å². The average Bonchev–Trinajstić information content (AvgIpc) is 2.30. The summed E-state index contributed by atoms with van der Waals surface area (Å²) < 4.78 is 27.8. The standard InChI is InChI=1S/C10H16N4O3S/c1-3-12-18(16,17)14-9-6-8(10(11)13-15)5-4-7(9)2/h4-6,12,14-15H,3H2,1-2H3,(H2,11,13). The molecular weight excluding hydrogens is 256 g/mol. The molecule has 0 amide bonds. The van der Waals surface area contributed by atoms with Gasteiger partial charge in [-0.25, -0.2) is 0 Å². The van der Waals surface area contributed by atoms with Gasteiger partial charge in [0.05, 0.1) is 5.69 Å². The van der Waals surface area contributed by atoms with Crippen LogP contribution >= 0.6 is 0 Å². The Morgan fingerprint density at radius 2 is 2.17 bits per heavy atom. The Kier molecular flexibility index (Phi) is 4.51. The van der Waals surface area contributed by atoms with Gasteiger partial charge in [-0.3, -0.25) is 4.72 Å². The second-order valence-corrected chi connectivity index (χ2v) is 5.12. The minimum absolute atomic E-state index is 0.0844. The van der Waals surface area contributed by atoms with Crippen LogP contribution in [0.4, 0.5) is 5.69 Å². The Bertz CT molecular complexity index is 554. The van der Waals surface area contributed by atoms with Gasteiger partial charge in [-0.2, -0.15) is 13.1 Å². The van der Waals surface area contributed by atoms with Crippen molar-refractivity contribution in [2.45, 2.75) is 13.8 Å². The smallest absolute Gasteiger partial charge is 0.299 e. The molecule has 0 aromatic heterocycles. The van der Waals surface area contributed by atoms with Crippen LogP contribution in [0.5, 0.6) is 0 Å². The van der Waals surface area contributed by atoms with Gasteiger partial charge < -0.3 is 10.9 Å². The highest BCUT2D eigenvalue weighted by Gasteiger charge is 2.11. The van der Waals surface area contributed by atoms with Gasteiger partial charge in [0, 0.05) is 12.1 Å². The van der Waals surface area contributed by atoms with E-state index in [-0.39, 0.29) is 12.4 Å². The second kappa shape index (κ2) is 5.69. The minimum atomic E-state index is -3.60. The number of nitrogens with one attached hydrogen (secondary N) is 2. The van der Waals surface area contributed by atoms with Crippen LogP contribution in [0, 0.1) is 6.92 Å². The molecular formula is C10H16N4O3S. The minimum Gasteiger partial charge on any atom is -0.409 e. The van der Waals surface area contributed by atoms with Gasteiger partial charge in [0.1, 0.15) is 0 Å². The summed E-state index contributed by atoms with van der Waals surface area (Å²) in [5.41, 5.74) is 6.97. The second-order valence-electron chi connectivity index (χ2n) is 3.62. The van der Waals surface area contributed by atoms with E-state index in [4.69, 9.17) is 10.9 Å². The van der Waals surface area contributed by atoms with Crippen molar-refractivity contribution in [3.8, 4) is 0 Å². The quantitative estimate of drug-likeness (QED) is 0.268. The van der Waals surface area contributed by atoms with Gasteiger partial charge in [0.2, 0.25) is 0 Å². The number of aryl methyl sites for hydroxylation is 1. The van der Waals surface area contributed by atoms with Crippen molar-refractivity contribution in [3.63, 3.8) is 0 Å². The molecule has 5 N–H and O–H groups in total.